The van der Waals surface area contributed by atoms with Gasteiger partial charge in [-0.3, -0.25) is 4.79 Å². The number of amides is 1. The molecule has 1 saturated heterocycles. The summed E-state index contributed by atoms with van der Waals surface area (Å²) in [5.41, 5.74) is 0. The summed E-state index contributed by atoms with van der Waals surface area (Å²) in [4.78, 5) is 12.9. The van der Waals surface area contributed by atoms with Crippen LogP contribution in [-0.4, -0.2) is 87.5 Å². The van der Waals surface area contributed by atoms with Crippen molar-refractivity contribution in [3.05, 3.63) is 36.5 Å². The Morgan fingerprint density at radius 1 is 0.579 bits per heavy atom. The van der Waals surface area contributed by atoms with E-state index in [2.05, 4.69) is 43.5 Å². The highest BCUT2D eigenvalue weighted by molar-refractivity contribution is 5.76. The maximum Gasteiger partial charge on any atom is 0.220 e. The molecule has 334 valence electrons. The van der Waals surface area contributed by atoms with Crippen molar-refractivity contribution < 1.29 is 39.8 Å². The van der Waals surface area contributed by atoms with Gasteiger partial charge in [-0.25, -0.2) is 0 Å². The van der Waals surface area contributed by atoms with Crippen LogP contribution in [0.25, 0.3) is 0 Å². The van der Waals surface area contributed by atoms with Crippen LogP contribution in [0.1, 0.15) is 206 Å². The third kappa shape index (κ3) is 29.3. The third-order valence-electron chi connectivity index (χ3n) is 11.2. The van der Waals surface area contributed by atoms with Crippen molar-refractivity contribution in [1.82, 2.24) is 5.32 Å². The minimum absolute atomic E-state index is 0.196. The Bertz CT molecular complexity index is 987. The number of allylic oxidation sites excluding steroid dienone is 5. The van der Waals surface area contributed by atoms with Gasteiger partial charge in [0, 0.05) is 6.42 Å². The largest absolute Gasteiger partial charge is 0.394 e. The van der Waals surface area contributed by atoms with E-state index >= 15 is 0 Å². The fourth-order valence-electron chi connectivity index (χ4n) is 7.34. The van der Waals surface area contributed by atoms with E-state index < -0.39 is 49.5 Å². The summed E-state index contributed by atoms with van der Waals surface area (Å²) in [5.74, 6) is -0.196. The summed E-state index contributed by atoms with van der Waals surface area (Å²) in [6, 6.07) is -0.824. The van der Waals surface area contributed by atoms with Gasteiger partial charge in [0.2, 0.25) is 5.91 Å². The Labute approximate surface area is 349 Å². The predicted octanol–water partition coefficient (Wildman–Crippen LogP) is 10.1. The number of aliphatic hydroxyl groups excluding tert-OH is 5. The van der Waals surface area contributed by atoms with E-state index in [1.54, 1.807) is 6.08 Å². The molecule has 0 spiro atoms. The zero-order chi connectivity index (χ0) is 41.6. The number of ether oxygens (including phenoxy) is 2. The molecule has 0 aromatic rings. The van der Waals surface area contributed by atoms with Gasteiger partial charge in [0.1, 0.15) is 24.4 Å². The number of rotatable bonds is 39. The Morgan fingerprint density at radius 3 is 1.47 bits per heavy atom. The zero-order valence-corrected chi connectivity index (χ0v) is 36.6. The highest BCUT2D eigenvalue weighted by Gasteiger charge is 2.44. The zero-order valence-electron chi connectivity index (χ0n) is 36.6. The molecule has 0 radical (unpaired) electrons. The Kier molecular flexibility index (Phi) is 36.2. The monoisotopic (exact) mass is 808 g/mol. The third-order valence-corrected chi connectivity index (χ3v) is 11.2. The van der Waals surface area contributed by atoms with Crippen molar-refractivity contribution in [3.63, 3.8) is 0 Å². The quantitative estimate of drug-likeness (QED) is 0.0266. The molecule has 1 rings (SSSR count). The minimum atomic E-state index is -1.57. The summed E-state index contributed by atoms with van der Waals surface area (Å²) in [6.45, 7) is 3.75. The number of aliphatic hydroxyl groups is 5. The van der Waals surface area contributed by atoms with Crippen LogP contribution in [0, 0.1) is 0 Å². The molecule has 1 fully saturated rings. The van der Waals surface area contributed by atoms with E-state index in [9.17, 15) is 30.3 Å². The smallest absolute Gasteiger partial charge is 0.220 e. The van der Waals surface area contributed by atoms with Gasteiger partial charge in [-0.15, -0.1) is 0 Å². The van der Waals surface area contributed by atoms with Crippen molar-refractivity contribution in [2.24, 2.45) is 0 Å². The highest BCUT2D eigenvalue weighted by Crippen LogP contribution is 2.22. The number of carbonyl (C=O) groups is 1. The topological polar surface area (TPSA) is 149 Å². The highest BCUT2D eigenvalue weighted by atomic mass is 16.7. The van der Waals surface area contributed by atoms with E-state index in [0.717, 1.165) is 57.8 Å². The lowest BCUT2D eigenvalue weighted by Gasteiger charge is -2.40. The molecule has 0 aromatic carbocycles. The number of carbonyl (C=O) groups excluding carboxylic acids is 1. The second-order valence-electron chi connectivity index (χ2n) is 16.5. The first kappa shape index (κ1) is 53.4. The van der Waals surface area contributed by atoms with Gasteiger partial charge in [-0.05, 0) is 57.8 Å². The first-order valence-corrected chi connectivity index (χ1v) is 23.7. The van der Waals surface area contributed by atoms with Gasteiger partial charge in [-0.2, -0.15) is 0 Å². The lowest BCUT2D eigenvalue weighted by Crippen LogP contribution is -2.60. The molecule has 1 amide bonds. The van der Waals surface area contributed by atoms with Crippen LogP contribution in [0.15, 0.2) is 36.5 Å². The molecule has 9 nitrogen and oxygen atoms in total. The lowest BCUT2D eigenvalue weighted by molar-refractivity contribution is -0.302. The normalized spacial score (nSPS) is 21.3. The van der Waals surface area contributed by atoms with Crippen molar-refractivity contribution in [2.45, 2.75) is 249 Å². The predicted molar refractivity (Wildman–Crippen MR) is 235 cm³/mol. The average Bonchev–Trinajstić information content (AvgIpc) is 3.21. The molecule has 57 heavy (non-hydrogen) atoms. The van der Waals surface area contributed by atoms with Crippen LogP contribution in [-0.2, 0) is 14.3 Å². The van der Waals surface area contributed by atoms with E-state index in [1.165, 1.54) is 128 Å². The molecule has 0 saturated carbocycles. The van der Waals surface area contributed by atoms with Crippen LogP contribution in [0.3, 0.4) is 0 Å². The molecular weight excluding hydrogens is 719 g/mol. The lowest BCUT2D eigenvalue weighted by atomic mass is 9.99. The summed E-state index contributed by atoms with van der Waals surface area (Å²) in [6.07, 6.45) is 40.5. The fourth-order valence-corrected chi connectivity index (χ4v) is 7.34. The summed E-state index contributed by atoms with van der Waals surface area (Å²) in [7, 11) is 0. The van der Waals surface area contributed by atoms with Gasteiger partial charge in [-0.1, -0.05) is 179 Å². The molecule has 1 aliphatic heterocycles. The fraction of sp³-hybridized carbons (Fsp3) is 0.854. The molecule has 9 heteroatoms. The Balaban J connectivity index is 2.38. The van der Waals surface area contributed by atoms with Gasteiger partial charge in [0.15, 0.2) is 6.29 Å². The van der Waals surface area contributed by atoms with Gasteiger partial charge in [0.05, 0.1) is 25.4 Å². The van der Waals surface area contributed by atoms with Crippen LogP contribution < -0.4 is 5.32 Å². The summed E-state index contributed by atoms with van der Waals surface area (Å²) < 4.78 is 11.2. The van der Waals surface area contributed by atoms with Gasteiger partial charge in [0.25, 0.3) is 0 Å². The number of nitrogens with one attached hydrogen (secondary N) is 1. The minimum Gasteiger partial charge on any atom is -0.394 e. The molecule has 1 heterocycles. The molecule has 0 aromatic heterocycles. The Hall–Kier alpha value is -1.59. The van der Waals surface area contributed by atoms with Crippen molar-refractivity contribution in [1.29, 1.82) is 0 Å². The molecule has 7 unspecified atom stereocenters. The first-order valence-electron chi connectivity index (χ1n) is 23.7. The Morgan fingerprint density at radius 2 is 1.00 bits per heavy atom. The maximum absolute atomic E-state index is 12.9. The van der Waals surface area contributed by atoms with Crippen LogP contribution in [0.5, 0.6) is 0 Å². The second kappa shape index (κ2) is 38.6. The van der Waals surface area contributed by atoms with Gasteiger partial charge < -0.3 is 40.3 Å². The standard InChI is InChI=1S/C48H89NO8/c1-3-5-7-9-11-13-15-17-19-20-21-22-24-25-27-29-31-33-35-37-42(51)41(40-56-48-47(55)46(54)45(53)43(39-50)57-48)49-44(52)38-36-34-32-30-28-26-23-18-16-14-12-10-8-6-4-2/h18,23,27,29,35,37,41-43,45-48,50-51,53-55H,3-17,19-22,24-26,28,30-34,36,38-40H2,1-2H3,(H,49,52)/b23-18-,29-27+,37-35+. The summed E-state index contributed by atoms with van der Waals surface area (Å²) >= 11 is 0. The molecule has 1 aliphatic rings. The molecule has 0 aliphatic carbocycles. The van der Waals surface area contributed by atoms with E-state index in [1.807, 2.05) is 6.08 Å². The van der Waals surface area contributed by atoms with Gasteiger partial charge >= 0.3 is 0 Å². The SMILES string of the molecule is CCCCCCCC/C=C\CCCCCCCC(=O)NC(COC1OC(CO)C(O)C(O)C1O)C(O)/C=C/CC/C=C/CCCCCCCCCCCCCCC. The van der Waals surface area contributed by atoms with Crippen LogP contribution in [0.4, 0.5) is 0 Å². The molecule has 6 N–H and O–H groups in total. The van der Waals surface area contributed by atoms with Crippen molar-refractivity contribution >= 4 is 5.91 Å². The molecule has 7 atom stereocenters. The molecule has 0 bridgehead atoms. The summed E-state index contributed by atoms with van der Waals surface area (Å²) in [5, 5.41) is 54.2. The van der Waals surface area contributed by atoms with E-state index in [4.69, 9.17) is 9.47 Å². The maximum atomic E-state index is 12.9. The molecular formula is C48H89NO8. The van der Waals surface area contributed by atoms with E-state index in [-0.39, 0.29) is 12.5 Å². The van der Waals surface area contributed by atoms with Crippen LogP contribution >= 0.6 is 0 Å². The van der Waals surface area contributed by atoms with Crippen molar-refractivity contribution in [2.75, 3.05) is 13.2 Å². The first-order chi connectivity index (χ1) is 27.8. The number of unbranched alkanes of at least 4 members (excludes halogenated alkanes) is 25. The number of hydrogen-bond acceptors (Lipinski definition) is 8. The average molecular weight is 808 g/mol. The van der Waals surface area contributed by atoms with Crippen molar-refractivity contribution in [3.8, 4) is 0 Å². The van der Waals surface area contributed by atoms with Crippen LogP contribution in [0.2, 0.25) is 0 Å². The van der Waals surface area contributed by atoms with E-state index in [0.29, 0.717) is 6.42 Å². The second-order valence-corrected chi connectivity index (χ2v) is 16.5. The number of hydrogen-bond donors (Lipinski definition) is 6.